The smallest absolute Gasteiger partial charge is 0.225 e. The van der Waals surface area contributed by atoms with Crippen LogP contribution in [-0.4, -0.2) is 31.7 Å². The molecule has 1 aromatic rings. The fourth-order valence-corrected chi connectivity index (χ4v) is 3.59. The predicted octanol–water partition coefficient (Wildman–Crippen LogP) is 2.48. The van der Waals surface area contributed by atoms with Crippen LogP contribution in [0.2, 0.25) is 0 Å². The Hall–Kier alpha value is -1.40. The summed E-state index contributed by atoms with van der Waals surface area (Å²) in [6.07, 6.45) is 2.58. The Morgan fingerprint density at radius 2 is 2.09 bits per heavy atom. The molecule has 0 aliphatic carbocycles. The maximum Gasteiger partial charge on any atom is 0.225 e. The Bertz CT molecular complexity index is 657. The van der Waals surface area contributed by atoms with E-state index < -0.39 is 14.6 Å². The van der Waals surface area contributed by atoms with Gasteiger partial charge in [-0.3, -0.25) is 4.79 Å². The first-order valence-corrected chi connectivity index (χ1v) is 9.67. The van der Waals surface area contributed by atoms with Gasteiger partial charge in [-0.2, -0.15) is 0 Å². The van der Waals surface area contributed by atoms with Crippen LogP contribution in [0, 0.1) is 0 Å². The molecule has 1 heterocycles. The third-order valence-corrected chi connectivity index (χ3v) is 6.67. The van der Waals surface area contributed by atoms with Crippen molar-refractivity contribution in [3.63, 3.8) is 0 Å². The molecule has 2 N–H and O–H groups in total. The lowest BCUT2D eigenvalue weighted by molar-refractivity contribution is -0.116. The predicted molar refractivity (Wildman–Crippen MR) is 93.1 cm³/mol. The van der Waals surface area contributed by atoms with Crippen LogP contribution in [-0.2, 0) is 20.4 Å². The van der Waals surface area contributed by atoms with Gasteiger partial charge in [0.1, 0.15) is 0 Å². The summed E-state index contributed by atoms with van der Waals surface area (Å²) in [6.45, 7) is 6.06. The molecule has 6 heteroatoms. The molecule has 1 amide bonds. The molecule has 23 heavy (non-hydrogen) atoms. The van der Waals surface area contributed by atoms with Gasteiger partial charge in [0, 0.05) is 18.2 Å². The molecule has 128 valence electrons. The van der Waals surface area contributed by atoms with E-state index in [2.05, 4.69) is 10.6 Å². The van der Waals surface area contributed by atoms with Gasteiger partial charge in [-0.25, -0.2) is 8.42 Å². The monoisotopic (exact) mass is 338 g/mol. The van der Waals surface area contributed by atoms with Gasteiger partial charge in [-0.1, -0.05) is 12.1 Å². The highest BCUT2D eigenvalue weighted by Gasteiger charge is 2.29. The molecule has 1 aliphatic rings. The second kappa shape index (κ2) is 7.01. The molecule has 0 spiro atoms. The van der Waals surface area contributed by atoms with Crippen molar-refractivity contribution >= 4 is 21.4 Å². The molecule has 1 fully saturated rings. The van der Waals surface area contributed by atoms with Gasteiger partial charge >= 0.3 is 0 Å². The Morgan fingerprint density at radius 3 is 2.70 bits per heavy atom. The summed E-state index contributed by atoms with van der Waals surface area (Å²) in [4.78, 5) is 12.1. The first-order chi connectivity index (χ1) is 10.7. The van der Waals surface area contributed by atoms with E-state index in [9.17, 15) is 13.2 Å². The molecule has 1 unspecified atom stereocenters. The number of nitrogens with one attached hydrogen (secondary N) is 2. The Morgan fingerprint density at radius 1 is 1.35 bits per heavy atom. The maximum atomic E-state index is 12.3. The van der Waals surface area contributed by atoms with Crippen molar-refractivity contribution in [3.8, 4) is 0 Å². The van der Waals surface area contributed by atoms with Crippen molar-refractivity contribution in [2.75, 3.05) is 11.9 Å². The molecular weight excluding hydrogens is 312 g/mol. The third kappa shape index (κ3) is 5.04. The van der Waals surface area contributed by atoms with Crippen molar-refractivity contribution in [1.29, 1.82) is 0 Å². The molecule has 0 aromatic heterocycles. The fourth-order valence-electron chi connectivity index (χ4n) is 2.54. The highest BCUT2D eigenvalue weighted by atomic mass is 32.2. The van der Waals surface area contributed by atoms with Crippen LogP contribution in [0.15, 0.2) is 24.3 Å². The van der Waals surface area contributed by atoms with Crippen LogP contribution in [0.25, 0.3) is 0 Å². The molecular formula is C17H26N2O3S. The number of carbonyl (C=O) groups is 1. The Labute approximate surface area is 138 Å². The van der Waals surface area contributed by atoms with E-state index in [4.69, 9.17) is 0 Å². The molecule has 0 radical (unpaired) electrons. The average Bonchev–Trinajstić information content (AvgIpc) is 2.89. The standard InChI is InChI=1S/C17H26N2O3S/c1-17(2,3)23(21,22)12-13-6-4-7-15(10-13)19-16(20)11-14-8-5-9-18-14/h4,6-7,10,14,18H,5,8-9,11-12H2,1-3H3,(H,19,20). The molecule has 1 aliphatic heterocycles. The van der Waals surface area contributed by atoms with Crippen LogP contribution in [0.5, 0.6) is 0 Å². The van der Waals surface area contributed by atoms with Crippen LogP contribution in [0.4, 0.5) is 5.69 Å². The van der Waals surface area contributed by atoms with Gasteiger partial charge in [0.25, 0.3) is 0 Å². The third-order valence-electron chi connectivity index (χ3n) is 4.09. The van der Waals surface area contributed by atoms with Gasteiger partial charge in [-0.15, -0.1) is 0 Å². The number of sulfone groups is 1. The maximum absolute atomic E-state index is 12.3. The van der Waals surface area contributed by atoms with E-state index >= 15 is 0 Å². The van der Waals surface area contributed by atoms with Gasteiger partial charge in [0.2, 0.25) is 5.91 Å². The summed E-state index contributed by atoms with van der Waals surface area (Å²) in [5.74, 6) is -0.0649. The Balaban J connectivity index is 2.00. The van der Waals surface area contributed by atoms with Gasteiger partial charge in [0.05, 0.1) is 10.5 Å². The number of anilines is 1. The SMILES string of the molecule is CC(C)(C)S(=O)(=O)Cc1cccc(NC(=O)CC2CCCN2)c1. The minimum Gasteiger partial charge on any atom is -0.326 e. The molecule has 2 rings (SSSR count). The zero-order valence-electron chi connectivity index (χ0n) is 14.1. The molecule has 1 saturated heterocycles. The number of rotatable bonds is 5. The zero-order chi connectivity index (χ0) is 17.1. The van der Waals surface area contributed by atoms with Crippen molar-refractivity contribution in [1.82, 2.24) is 5.32 Å². The minimum absolute atomic E-state index is 0.0234. The molecule has 1 aromatic carbocycles. The zero-order valence-corrected chi connectivity index (χ0v) is 14.9. The molecule has 1 atom stereocenters. The summed E-state index contributed by atoms with van der Waals surface area (Å²) < 4.78 is 23.8. The van der Waals surface area contributed by atoms with Gasteiger partial charge < -0.3 is 10.6 Å². The number of amides is 1. The van der Waals surface area contributed by atoms with E-state index in [0.29, 0.717) is 17.7 Å². The second-order valence-corrected chi connectivity index (χ2v) is 9.86. The number of hydrogen-bond donors (Lipinski definition) is 2. The van der Waals surface area contributed by atoms with Crippen molar-refractivity contribution < 1.29 is 13.2 Å². The van der Waals surface area contributed by atoms with Crippen molar-refractivity contribution in [3.05, 3.63) is 29.8 Å². The first kappa shape index (κ1) is 17.9. The lowest BCUT2D eigenvalue weighted by atomic mass is 10.1. The van der Waals surface area contributed by atoms with Crippen LogP contribution in [0.1, 0.15) is 45.6 Å². The fraction of sp³-hybridized carbons (Fsp3) is 0.588. The summed E-state index contributed by atoms with van der Waals surface area (Å²) in [5.41, 5.74) is 1.34. The first-order valence-electron chi connectivity index (χ1n) is 8.02. The van der Waals surface area contributed by atoms with Gasteiger partial charge in [-0.05, 0) is 57.9 Å². The number of carbonyl (C=O) groups excluding carboxylic acids is 1. The van der Waals surface area contributed by atoms with E-state index in [0.717, 1.165) is 19.4 Å². The Kier molecular flexibility index (Phi) is 5.47. The highest BCUT2D eigenvalue weighted by molar-refractivity contribution is 7.91. The lowest BCUT2D eigenvalue weighted by Crippen LogP contribution is -2.29. The largest absolute Gasteiger partial charge is 0.326 e. The van der Waals surface area contributed by atoms with E-state index in [1.807, 2.05) is 0 Å². The summed E-state index contributed by atoms with van der Waals surface area (Å²) >= 11 is 0. The summed E-state index contributed by atoms with van der Waals surface area (Å²) in [5, 5.41) is 6.15. The van der Waals surface area contributed by atoms with Gasteiger partial charge in [0.15, 0.2) is 9.84 Å². The number of hydrogen-bond acceptors (Lipinski definition) is 4. The van der Waals surface area contributed by atoms with E-state index in [1.54, 1.807) is 45.0 Å². The molecule has 0 saturated carbocycles. The molecule has 5 nitrogen and oxygen atoms in total. The molecule has 0 bridgehead atoms. The van der Waals surface area contributed by atoms with Crippen molar-refractivity contribution in [2.45, 2.75) is 56.6 Å². The average molecular weight is 338 g/mol. The second-order valence-electron chi connectivity index (χ2n) is 7.12. The summed E-state index contributed by atoms with van der Waals surface area (Å²) in [6, 6.07) is 7.32. The lowest BCUT2D eigenvalue weighted by Gasteiger charge is -2.19. The van der Waals surface area contributed by atoms with Crippen LogP contribution in [0.3, 0.4) is 0 Å². The minimum atomic E-state index is -3.24. The van der Waals surface area contributed by atoms with E-state index in [-0.39, 0.29) is 17.7 Å². The quantitative estimate of drug-likeness (QED) is 0.865. The number of benzene rings is 1. The highest BCUT2D eigenvalue weighted by Crippen LogP contribution is 2.22. The normalized spacial score (nSPS) is 18.8. The van der Waals surface area contributed by atoms with Crippen LogP contribution >= 0.6 is 0 Å². The van der Waals surface area contributed by atoms with Crippen molar-refractivity contribution in [2.24, 2.45) is 0 Å². The van der Waals surface area contributed by atoms with E-state index in [1.165, 1.54) is 0 Å². The summed E-state index contributed by atoms with van der Waals surface area (Å²) in [7, 11) is -3.24. The van der Waals surface area contributed by atoms with Crippen LogP contribution < -0.4 is 10.6 Å². The topological polar surface area (TPSA) is 75.3 Å².